The number of aromatic carboxylic acids is 1. The molecule has 7 nitrogen and oxygen atoms in total. The second-order valence-corrected chi connectivity index (χ2v) is 9.42. The highest BCUT2D eigenvalue weighted by Crippen LogP contribution is 2.28. The van der Waals surface area contributed by atoms with Gasteiger partial charge in [-0.3, -0.25) is 9.36 Å². The van der Waals surface area contributed by atoms with E-state index in [-0.39, 0.29) is 35.7 Å². The Kier molecular flexibility index (Phi) is 8.80. The first-order chi connectivity index (χ1) is 16.6. The zero-order chi connectivity index (χ0) is 25.7. The van der Waals surface area contributed by atoms with E-state index in [9.17, 15) is 14.7 Å². The van der Waals surface area contributed by atoms with Gasteiger partial charge >= 0.3 is 5.97 Å². The predicted octanol–water partition coefficient (Wildman–Crippen LogP) is 5.06. The molecule has 0 radical (unpaired) electrons. The largest absolute Gasteiger partial charge is 0.478 e. The number of hydrogen-bond acceptors (Lipinski definition) is 5. The summed E-state index contributed by atoms with van der Waals surface area (Å²) in [4.78, 5) is 28.1. The third kappa shape index (κ3) is 6.35. The molecule has 2 aromatic carbocycles. The first-order valence-corrected chi connectivity index (χ1v) is 11.9. The van der Waals surface area contributed by atoms with Crippen LogP contribution in [0.25, 0.3) is 11.1 Å². The number of carboxylic acid groups (broad SMARTS) is 1. The molecule has 0 spiro atoms. The van der Waals surface area contributed by atoms with Crippen molar-refractivity contribution in [2.24, 2.45) is 5.92 Å². The maximum Gasteiger partial charge on any atom is 0.336 e. The Bertz CT molecular complexity index is 1230. The van der Waals surface area contributed by atoms with Crippen molar-refractivity contribution in [3.63, 3.8) is 0 Å². The monoisotopic (exact) mass is 519 g/mol. The quantitative estimate of drug-likeness (QED) is 0.326. The average Bonchev–Trinajstić information content (AvgIpc) is 3.12. The van der Waals surface area contributed by atoms with Crippen LogP contribution < -0.4 is 10.1 Å². The smallest absolute Gasteiger partial charge is 0.336 e. The summed E-state index contributed by atoms with van der Waals surface area (Å²) >= 11 is 10.7. The molecule has 2 N–H and O–H groups in total. The van der Waals surface area contributed by atoms with Gasteiger partial charge in [0.1, 0.15) is 5.82 Å². The van der Waals surface area contributed by atoms with Crippen LogP contribution in [0.1, 0.15) is 41.9 Å². The highest BCUT2D eigenvalue weighted by atomic mass is 35.5. The number of carbonyl (C=O) groups is 2. The standard InChI is InChI=1S/C25H27ClFN3O4S/c1-14(2)10-21(35)23(31)28-12-20-22(26)29-25(34-3)30(20)13-16-9-8-15(11-19(16)27)17-6-4-5-7-18(17)24(32)33/h4-9,11,14,21,35H,10,12-13H2,1-3H3,(H,28,31)(H,32,33). The fraction of sp³-hybridized carbons (Fsp3) is 0.320. The van der Waals surface area contributed by atoms with E-state index in [1.807, 2.05) is 13.8 Å². The minimum Gasteiger partial charge on any atom is -0.478 e. The zero-order valence-electron chi connectivity index (χ0n) is 19.6. The minimum absolute atomic E-state index is 0.0388. The summed E-state index contributed by atoms with van der Waals surface area (Å²) < 4.78 is 22.0. The van der Waals surface area contributed by atoms with Gasteiger partial charge < -0.3 is 15.2 Å². The van der Waals surface area contributed by atoms with Crippen molar-refractivity contribution in [3.05, 3.63) is 70.3 Å². The maximum absolute atomic E-state index is 15.1. The number of amides is 1. The van der Waals surface area contributed by atoms with E-state index in [0.29, 0.717) is 34.7 Å². The van der Waals surface area contributed by atoms with Crippen LogP contribution in [0, 0.1) is 11.7 Å². The van der Waals surface area contributed by atoms with Crippen molar-refractivity contribution in [2.75, 3.05) is 7.11 Å². The number of aromatic nitrogens is 2. The van der Waals surface area contributed by atoms with Gasteiger partial charge in [-0.25, -0.2) is 9.18 Å². The van der Waals surface area contributed by atoms with Gasteiger partial charge in [0.25, 0.3) is 6.01 Å². The number of nitrogens with zero attached hydrogens (tertiary/aromatic N) is 2. The number of halogens is 2. The van der Waals surface area contributed by atoms with E-state index < -0.39 is 17.0 Å². The number of nitrogens with one attached hydrogen (secondary N) is 1. The Morgan fingerprint density at radius 1 is 1.26 bits per heavy atom. The number of methoxy groups -OCH3 is 1. The number of ether oxygens (including phenoxy) is 1. The molecule has 0 fully saturated rings. The molecule has 3 rings (SSSR count). The Hall–Kier alpha value is -3.04. The molecule has 0 aliphatic carbocycles. The predicted molar refractivity (Wildman–Crippen MR) is 136 cm³/mol. The lowest BCUT2D eigenvalue weighted by Gasteiger charge is -2.16. The van der Waals surface area contributed by atoms with Crippen LogP contribution in [-0.4, -0.2) is 38.9 Å². The molecule has 0 saturated heterocycles. The summed E-state index contributed by atoms with van der Waals surface area (Å²) in [5, 5.41) is 11.9. The second-order valence-electron chi connectivity index (χ2n) is 8.44. The lowest BCUT2D eigenvalue weighted by atomic mass is 9.98. The first kappa shape index (κ1) is 26.6. The SMILES string of the molecule is COc1nc(Cl)c(CNC(=O)C(S)CC(C)C)n1Cc1ccc(-c2ccccc2C(=O)O)cc1F. The van der Waals surface area contributed by atoms with Gasteiger partial charge in [0.15, 0.2) is 5.15 Å². The fourth-order valence-corrected chi connectivity index (χ4v) is 4.45. The molecule has 186 valence electrons. The van der Waals surface area contributed by atoms with Crippen molar-refractivity contribution < 1.29 is 23.8 Å². The summed E-state index contributed by atoms with van der Waals surface area (Å²) in [6.45, 7) is 4.12. The van der Waals surface area contributed by atoms with Gasteiger partial charge in [-0.15, -0.1) is 0 Å². The number of carboxylic acids is 1. The molecule has 35 heavy (non-hydrogen) atoms. The Labute approximate surface area is 213 Å². The molecule has 1 heterocycles. The van der Waals surface area contributed by atoms with Gasteiger partial charge in [-0.2, -0.15) is 17.6 Å². The van der Waals surface area contributed by atoms with Crippen LogP contribution in [-0.2, 0) is 17.9 Å². The number of rotatable bonds is 10. The van der Waals surface area contributed by atoms with Crippen molar-refractivity contribution in [2.45, 2.75) is 38.6 Å². The number of thiol groups is 1. The van der Waals surface area contributed by atoms with E-state index in [0.717, 1.165) is 0 Å². The van der Waals surface area contributed by atoms with E-state index in [1.54, 1.807) is 34.9 Å². The normalized spacial score (nSPS) is 12.0. The number of hydrogen-bond donors (Lipinski definition) is 3. The topological polar surface area (TPSA) is 93.5 Å². The second kappa shape index (κ2) is 11.6. The number of carbonyl (C=O) groups excluding carboxylic acids is 1. The number of benzene rings is 2. The average molecular weight is 520 g/mol. The summed E-state index contributed by atoms with van der Waals surface area (Å²) in [6.07, 6.45) is 0.619. The molecule has 10 heteroatoms. The van der Waals surface area contributed by atoms with Crippen LogP contribution >= 0.6 is 24.2 Å². The molecule has 0 saturated carbocycles. The summed E-state index contributed by atoms with van der Waals surface area (Å²) in [7, 11) is 1.42. The van der Waals surface area contributed by atoms with Crippen LogP contribution in [0.3, 0.4) is 0 Å². The van der Waals surface area contributed by atoms with Crippen LogP contribution in [0.15, 0.2) is 42.5 Å². The minimum atomic E-state index is -1.09. The molecule has 1 amide bonds. The van der Waals surface area contributed by atoms with Crippen molar-refractivity contribution in [3.8, 4) is 17.1 Å². The molecule has 3 aromatic rings. The van der Waals surface area contributed by atoms with Gasteiger partial charge in [0.05, 0.1) is 36.7 Å². The number of imidazole rings is 1. The molecule has 0 bridgehead atoms. The Morgan fingerprint density at radius 2 is 1.97 bits per heavy atom. The molecular weight excluding hydrogens is 493 g/mol. The Balaban J connectivity index is 1.86. The van der Waals surface area contributed by atoms with Gasteiger partial charge in [0.2, 0.25) is 5.91 Å². The van der Waals surface area contributed by atoms with E-state index in [1.165, 1.54) is 19.2 Å². The molecule has 1 unspecified atom stereocenters. The zero-order valence-corrected chi connectivity index (χ0v) is 21.2. The van der Waals surface area contributed by atoms with Crippen molar-refractivity contribution in [1.29, 1.82) is 0 Å². The molecule has 1 aromatic heterocycles. The van der Waals surface area contributed by atoms with Gasteiger partial charge in [-0.1, -0.05) is 55.8 Å². The molecule has 1 atom stereocenters. The molecule has 0 aliphatic rings. The lowest BCUT2D eigenvalue weighted by Crippen LogP contribution is -2.32. The van der Waals surface area contributed by atoms with Crippen LogP contribution in [0.4, 0.5) is 4.39 Å². The van der Waals surface area contributed by atoms with Gasteiger partial charge in [0, 0.05) is 5.56 Å². The van der Waals surface area contributed by atoms with E-state index in [2.05, 4.69) is 22.9 Å². The third-order valence-electron chi connectivity index (χ3n) is 5.45. The van der Waals surface area contributed by atoms with Crippen molar-refractivity contribution >= 4 is 36.1 Å². The van der Waals surface area contributed by atoms with Crippen molar-refractivity contribution in [1.82, 2.24) is 14.9 Å². The maximum atomic E-state index is 15.1. The van der Waals surface area contributed by atoms with Gasteiger partial charge in [-0.05, 0) is 35.6 Å². The molecule has 0 aliphatic heterocycles. The first-order valence-electron chi connectivity index (χ1n) is 11.0. The Morgan fingerprint density at radius 3 is 2.60 bits per heavy atom. The van der Waals surface area contributed by atoms with Crippen LogP contribution in [0.5, 0.6) is 6.01 Å². The summed E-state index contributed by atoms with van der Waals surface area (Å²) in [5.41, 5.74) is 1.72. The lowest BCUT2D eigenvalue weighted by molar-refractivity contribution is -0.121. The fourth-order valence-electron chi connectivity index (χ4n) is 3.70. The van der Waals surface area contributed by atoms with E-state index in [4.69, 9.17) is 16.3 Å². The highest BCUT2D eigenvalue weighted by molar-refractivity contribution is 7.81. The molecular formula is C25H27ClFN3O4S. The van der Waals surface area contributed by atoms with E-state index >= 15 is 4.39 Å². The summed E-state index contributed by atoms with van der Waals surface area (Å²) in [5.74, 6) is -1.55. The van der Waals surface area contributed by atoms with Crippen LogP contribution in [0.2, 0.25) is 5.15 Å². The summed E-state index contributed by atoms with van der Waals surface area (Å²) in [6, 6.07) is 11.1. The highest BCUT2D eigenvalue weighted by Gasteiger charge is 2.21. The third-order valence-corrected chi connectivity index (χ3v) is 6.20.